The molecule has 0 atom stereocenters. The monoisotopic (exact) mass is 568 g/mol. The Bertz CT molecular complexity index is 1920. The molecule has 0 saturated heterocycles. The summed E-state index contributed by atoms with van der Waals surface area (Å²) in [5.74, 6) is -1.38. The molecule has 0 saturated carbocycles. The second-order valence-corrected chi connectivity index (χ2v) is 11.1. The van der Waals surface area contributed by atoms with Crippen molar-refractivity contribution >= 4 is 38.3 Å². The van der Waals surface area contributed by atoms with Gasteiger partial charge >= 0.3 is 5.97 Å². The van der Waals surface area contributed by atoms with Crippen LogP contribution in [0.2, 0.25) is 0 Å². The fourth-order valence-electron chi connectivity index (χ4n) is 5.87. The Morgan fingerprint density at radius 2 is 1.31 bits per heavy atom. The van der Waals surface area contributed by atoms with Crippen molar-refractivity contribution < 1.29 is 13.9 Å². The van der Waals surface area contributed by atoms with Crippen LogP contribution in [0.4, 0.5) is 4.39 Å². The van der Waals surface area contributed by atoms with Crippen LogP contribution in [-0.2, 0) is 10.3 Å². The average Bonchev–Trinajstić information content (AvgIpc) is 3.66. The molecule has 42 heavy (non-hydrogen) atoms. The summed E-state index contributed by atoms with van der Waals surface area (Å²) in [4.78, 5) is 13.5. The first-order valence-corrected chi connectivity index (χ1v) is 14.4. The summed E-state index contributed by atoms with van der Waals surface area (Å²) in [5.41, 5.74) is 2.84. The van der Waals surface area contributed by atoms with E-state index in [2.05, 4.69) is 36.4 Å². The van der Waals surface area contributed by atoms with Gasteiger partial charge in [0, 0.05) is 4.70 Å². The van der Waals surface area contributed by atoms with Crippen molar-refractivity contribution in [1.82, 2.24) is 9.78 Å². The van der Waals surface area contributed by atoms with Gasteiger partial charge in [0.05, 0.1) is 28.5 Å². The summed E-state index contributed by atoms with van der Waals surface area (Å²) in [6.45, 7) is 0. The molecule has 0 bridgehead atoms. The Kier molecular flexibility index (Phi) is 6.40. The number of esters is 1. The number of benzene rings is 5. The minimum Gasteiger partial charge on any atom is -0.465 e. The molecule has 6 heteroatoms. The maximum absolute atomic E-state index is 16.6. The zero-order valence-electron chi connectivity index (χ0n) is 22.7. The smallest absolute Gasteiger partial charge is 0.340 e. The van der Waals surface area contributed by atoms with Gasteiger partial charge in [0.25, 0.3) is 0 Å². The molecule has 0 aliphatic carbocycles. The Morgan fingerprint density at radius 1 is 0.762 bits per heavy atom. The van der Waals surface area contributed by atoms with Crippen LogP contribution in [0, 0.1) is 5.82 Å². The topological polar surface area (TPSA) is 44.1 Å². The molecule has 7 rings (SSSR count). The third-order valence-corrected chi connectivity index (χ3v) is 8.86. The lowest BCUT2D eigenvalue weighted by atomic mass is 9.77. The van der Waals surface area contributed by atoms with E-state index in [0.29, 0.717) is 11.2 Å². The number of hydrogen-bond donors (Lipinski definition) is 0. The zero-order chi connectivity index (χ0) is 28.7. The Labute approximate surface area is 246 Å². The molecule has 5 aromatic carbocycles. The van der Waals surface area contributed by atoms with Gasteiger partial charge in [-0.05, 0) is 46.3 Å². The third-order valence-electron chi connectivity index (χ3n) is 7.74. The minimum absolute atomic E-state index is 0.128. The molecular weight excluding hydrogens is 543 g/mol. The Hall–Kier alpha value is -5.07. The first-order valence-electron chi connectivity index (χ1n) is 13.6. The van der Waals surface area contributed by atoms with E-state index in [0.717, 1.165) is 31.7 Å². The molecule has 2 heterocycles. The highest BCUT2D eigenvalue weighted by Crippen LogP contribution is 2.46. The number of aromatic nitrogens is 2. The van der Waals surface area contributed by atoms with Gasteiger partial charge in [0.1, 0.15) is 17.1 Å². The zero-order valence-corrected chi connectivity index (χ0v) is 23.5. The molecular formula is C36H25FN2O2S. The number of carbonyl (C=O) groups is 1. The van der Waals surface area contributed by atoms with Crippen LogP contribution < -0.4 is 0 Å². The lowest BCUT2D eigenvalue weighted by Crippen LogP contribution is -2.38. The largest absolute Gasteiger partial charge is 0.465 e. The van der Waals surface area contributed by atoms with E-state index in [1.165, 1.54) is 13.2 Å². The molecule has 0 radical (unpaired) electrons. The van der Waals surface area contributed by atoms with Gasteiger partial charge in [-0.2, -0.15) is 5.10 Å². The van der Waals surface area contributed by atoms with Gasteiger partial charge in [-0.1, -0.05) is 109 Å². The summed E-state index contributed by atoms with van der Waals surface area (Å²) in [6.07, 6.45) is 0. The second-order valence-electron chi connectivity index (χ2n) is 10.0. The van der Waals surface area contributed by atoms with E-state index in [1.54, 1.807) is 17.4 Å². The number of methoxy groups -OCH3 is 1. The second kappa shape index (κ2) is 10.4. The van der Waals surface area contributed by atoms with Gasteiger partial charge in [0.2, 0.25) is 0 Å². The summed E-state index contributed by atoms with van der Waals surface area (Å²) >= 11 is 1.55. The van der Waals surface area contributed by atoms with Crippen molar-refractivity contribution in [2.45, 2.75) is 5.54 Å². The number of rotatable bonds is 6. The minimum atomic E-state index is -0.962. The molecule has 0 fully saturated rings. The van der Waals surface area contributed by atoms with Crippen molar-refractivity contribution in [3.8, 4) is 10.6 Å². The molecule has 7 aromatic rings. The van der Waals surface area contributed by atoms with Gasteiger partial charge < -0.3 is 4.74 Å². The van der Waals surface area contributed by atoms with Crippen molar-refractivity contribution in [2.75, 3.05) is 7.11 Å². The van der Waals surface area contributed by atoms with Gasteiger partial charge in [0.15, 0.2) is 0 Å². The maximum atomic E-state index is 16.6. The van der Waals surface area contributed by atoms with Crippen LogP contribution >= 0.6 is 11.3 Å². The summed E-state index contributed by atoms with van der Waals surface area (Å²) in [6, 6.07) is 43.8. The number of ether oxygens (including phenoxy) is 1. The van der Waals surface area contributed by atoms with Crippen LogP contribution in [0.5, 0.6) is 0 Å². The van der Waals surface area contributed by atoms with E-state index in [-0.39, 0.29) is 10.9 Å². The summed E-state index contributed by atoms with van der Waals surface area (Å²) < 4.78 is 24.5. The SMILES string of the molecule is COC(=O)c1ccc2c(c(-c3cc4ccccc4s3)nn2C(c2ccccc2)(c2ccccc2)c2ccccc2)c1F. The molecule has 2 aromatic heterocycles. The fourth-order valence-corrected chi connectivity index (χ4v) is 6.92. The van der Waals surface area contributed by atoms with E-state index in [4.69, 9.17) is 9.84 Å². The first-order chi connectivity index (χ1) is 20.6. The Morgan fingerprint density at radius 3 is 1.86 bits per heavy atom. The highest BCUT2D eigenvalue weighted by molar-refractivity contribution is 7.22. The number of thiophene rings is 1. The molecule has 0 unspecified atom stereocenters. The van der Waals surface area contributed by atoms with Gasteiger partial charge in [-0.15, -0.1) is 11.3 Å². The van der Waals surface area contributed by atoms with Crippen molar-refractivity contribution in [3.63, 3.8) is 0 Å². The first kappa shape index (κ1) is 25.9. The molecule has 0 aliphatic rings. The number of hydrogen-bond acceptors (Lipinski definition) is 4. The molecule has 4 nitrogen and oxygen atoms in total. The van der Waals surface area contributed by atoms with Crippen molar-refractivity contribution in [1.29, 1.82) is 0 Å². The number of nitrogens with zero attached hydrogens (tertiary/aromatic N) is 2. The van der Waals surface area contributed by atoms with E-state index in [9.17, 15) is 4.79 Å². The number of halogens is 1. The predicted octanol–water partition coefficient (Wildman–Crippen LogP) is 8.68. The molecule has 0 N–H and O–H groups in total. The highest BCUT2D eigenvalue weighted by Gasteiger charge is 2.41. The van der Waals surface area contributed by atoms with Crippen molar-refractivity contribution in [2.24, 2.45) is 0 Å². The van der Waals surface area contributed by atoms with Crippen LogP contribution in [-0.4, -0.2) is 22.9 Å². The number of fused-ring (bicyclic) bond motifs is 2. The van der Waals surface area contributed by atoms with Crippen LogP contribution in [0.1, 0.15) is 27.0 Å². The standard InChI is InChI=1S/C36H25FN2O2S/c1-41-35(40)28-21-22-29-32(33(28)37)34(31-23-24-13-11-12-20-30(24)42-31)38-39(29)36(25-14-5-2-6-15-25,26-16-7-3-8-17-26)27-18-9-4-10-19-27/h2-23H,1H3. The summed E-state index contributed by atoms with van der Waals surface area (Å²) in [7, 11) is 1.26. The van der Waals surface area contributed by atoms with Crippen LogP contribution in [0.25, 0.3) is 31.6 Å². The van der Waals surface area contributed by atoms with Crippen LogP contribution in [0.3, 0.4) is 0 Å². The summed E-state index contributed by atoms with van der Waals surface area (Å²) in [5, 5.41) is 6.60. The van der Waals surface area contributed by atoms with E-state index >= 15 is 4.39 Å². The van der Waals surface area contributed by atoms with E-state index < -0.39 is 17.3 Å². The van der Waals surface area contributed by atoms with E-state index in [1.807, 2.05) is 89.6 Å². The molecule has 0 amide bonds. The number of carbonyl (C=O) groups excluding carboxylic acids is 1. The highest BCUT2D eigenvalue weighted by atomic mass is 32.1. The lowest BCUT2D eigenvalue weighted by molar-refractivity contribution is 0.0596. The van der Waals surface area contributed by atoms with Gasteiger partial charge in [-0.25, -0.2) is 13.9 Å². The quantitative estimate of drug-likeness (QED) is 0.149. The van der Waals surface area contributed by atoms with Crippen molar-refractivity contribution in [3.05, 3.63) is 162 Å². The molecule has 204 valence electrons. The fraction of sp³-hybridized carbons (Fsp3) is 0.0556. The maximum Gasteiger partial charge on any atom is 0.340 e. The predicted molar refractivity (Wildman–Crippen MR) is 166 cm³/mol. The third kappa shape index (κ3) is 3.95. The average molecular weight is 569 g/mol. The Balaban J connectivity index is 1.66. The normalized spacial score (nSPS) is 11.7. The van der Waals surface area contributed by atoms with Crippen LogP contribution in [0.15, 0.2) is 133 Å². The van der Waals surface area contributed by atoms with Gasteiger partial charge in [-0.3, -0.25) is 0 Å². The molecule has 0 spiro atoms. The lowest BCUT2D eigenvalue weighted by Gasteiger charge is -2.37. The molecule has 0 aliphatic heterocycles.